The Morgan fingerprint density at radius 1 is 1.07 bits per heavy atom. The van der Waals surface area contributed by atoms with Gasteiger partial charge in [-0.25, -0.2) is 4.79 Å². The van der Waals surface area contributed by atoms with E-state index in [-0.39, 0.29) is 30.5 Å². The second-order valence-electron chi connectivity index (χ2n) is 14.7. The van der Waals surface area contributed by atoms with E-state index in [4.69, 9.17) is 26.1 Å². The number of aromatic nitrogens is 5. The number of anilines is 1. The van der Waals surface area contributed by atoms with Gasteiger partial charge in [0.15, 0.2) is 5.65 Å². The monoisotopic (exact) mass is 653 g/mol. The number of carbonyl (C=O) groups excluding carboxylic acids is 1. The van der Waals surface area contributed by atoms with E-state index in [1.807, 2.05) is 61.8 Å². The lowest BCUT2D eigenvalue weighted by molar-refractivity contribution is 0.0122. The molecular weight excluding hydrogens is 610 g/mol. The first-order valence-corrected chi connectivity index (χ1v) is 19.8. The molecule has 2 bridgehead atoms. The van der Waals surface area contributed by atoms with Gasteiger partial charge in [-0.15, -0.1) is 0 Å². The van der Waals surface area contributed by atoms with Gasteiger partial charge in [0, 0.05) is 70.8 Å². The summed E-state index contributed by atoms with van der Waals surface area (Å²) in [5, 5.41) is 6.35. The number of halogens is 1. The number of carbonyl (C=O) groups is 1. The van der Waals surface area contributed by atoms with Gasteiger partial charge in [-0.3, -0.25) is 18.9 Å². The predicted molar refractivity (Wildman–Crippen MR) is 181 cm³/mol. The molecule has 0 spiro atoms. The summed E-state index contributed by atoms with van der Waals surface area (Å²) in [4.78, 5) is 36.5. The molecule has 0 aliphatic carbocycles. The van der Waals surface area contributed by atoms with Crippen molar-refractivity contribution in [1.82, 2.24) is 28.8 Å². The van der Waals surface area contributed by atoms with E-state index in [2.05, 4.69) is 29.6 Å². The molecule has 0 N–H and O–H groups in total. The zero-order valence-electron chi connectivity index (χ0n) is 27.6. The third-order valence-electron chi connectivity index (χ3n) is 8.70. The number of aryl methyl sites for hydroxylation is 1. The highest BCUT2D eigenvalue weighted by molar-refractivity contribution is 6.76. The maximum atomic E-state index is 14.3. The van der Waals surface area contributed by atoms with Gasteiger partial charge in [-0.1, -0.05) is 37.3 Å². The maximum Gasteiger partial charge on any atom is 0.410 e. The molecule has 4 aromatic rings. The van der Waals surface area contributed by atoms with Crippen molar-refractivity contribution in [2.75, 3.05) is 24.6 Å². The molecular formula is C32H44ClN7O4Si. The van der Waals surface area contributed by atoms with E-state index < -0.39 is 13.7 Å². The molecule has 242 valence electrons. The summed E-state index contributed by atoms with van der Waals surface area (Å²) in [6.07, 6.45) is 5.32. The van der Waals surface area contributed by atoms with Crippen LogP contribution in [0.2, 0.25) is 30.7 Å². The molecule has 0 radical (unpaired) electrons. The average Bonchev–Trinajstić information content (AvgIpc) is 3.58. The normalized spacial score (nSPS) is 18.9. The summed E-state index contributed by atoms with van der Waals surface area (Å²) >= 11 is 6.97. The molecule has 13 heteroatoms. The summed E-state index contributed by atoms with van der Waals surface area (Å²) in [7, 11) is 2.35. The zero-order valence-corrected chi connectivity index (χ0v) is 29.3. The number of ether oxygens (including phenoxy) is 2. The van der Waals surface area contributed by atoms with Crippen molar-refractivity contribution >= 4 is 53.7 Å². The molecule has 5 heterocycles. The van der Waals surface area contributed by atoms with Gasteiger partial charge < -0.3 is 18.9 Å². The largest absolute Gasteiger partial charge is 0.444 e. The molecule has 3 aromatic heterocycles. The van der Waals surface area contributed by atoms with Crippen LogP contribution in [0.3, 0.4) is 0 Å². The van der Waals surface area contributed by atoms with E-state index in [0.29, 0.717) is 47.3 Å². The van der Waals surface area contributed by atoms with E-state index in [9.17, 15) is 9.59 Å². The fourth-order valence-electron chi connectivity index (χ4n) is 6.50. The zero-order chi connectivity index (χ0) is 32.4. The summed E-state index contributed by atoms with van der Waals surface area (Å²) in [5.41, 5.74) is 2.09. The lowest BCUT2D eigenvalue weighted by atomic mass is 10.0. The quantitative estimate of drug-likeness (QED) is 0.182. The van der Waals surface area contributed by atoms with Crippen molar-refractivity contribution in [2.45, 2.75) is 83.7 Å². The summed E-state index contributed by atoms with van der Waals surface area (Å²) in [5.74, 6) is 0.579. The first kappa shape index (κ1) is 31.6. The molecule has 2 unspecified atom stereocenters. The minimum atomic E-state index is -1.28. The molecule has 1 aromatic carbocycles. The molecule has 6 rings (SSSR count). The van der Waals surface area contributed by atoms with Crippen molar-refractivity contribution < 1.29 is 14.3 Å². The Balaban J connectivity index is 1.40. The van der Waals surface area contributed by atoms with Crippen LogP contribution in [0.4, 0.5) is 10.7 Å². The van der Waals surface area contributed by atoms with Crippen LogP contribution in [0.15, 0.2) is 29.3 Å². The minimum absolute atomic E-state index is 0.0107. The van der Waals surface area contributed by atoms with E-state index >= 15 is 0 Å². The van der Waals surface area contributed by atoms with Crippen molar-refractivity contribution in [3.63, 3.8) is 0 Å². The molecule has 2 atom stereocenters. The topological polar surface area (TPSA) is 99.6 Å². The summed E-state index contributed by atoms with van der Waals surface area (Å²) in [6.45, 7) is 14.7. The first-order valence-electron chi connectivity index (χ1n) is 15.7. The van der Waals surface area contributed by atoms with Crippen LogP contribution < -0.4 is 10.5 Å². The molecule has 11 nitrogen and oxygen atoms in total. The van der Waals surface area contributed by atoms with Gasteiger partial charge in [0.2, 0.25) is 5.95 Å². The van der Waals surface area contributed by atoms with E-state index in [1.54, 1.807) is 16.3 Å². The molecule has 2 aliphatic rings. The minimum Gasteiger partial charge on any atom is -0.444 e. The Kier molecular flexibility index (Phi) is 8.06. The second-order valence-corrected chi connectivity index (χ2v) is 20.7. The van der Waals surface area contributed by atoms with Crippen LogP contribution in [0.25, 0.3) is 33.1 Å². The molecule has 0 saturated carbocycles. The molecule has 2 aliphatic heterocycles. The number of rotatable bonds is 7. The Hall–Kier alpha value is -3.35. The summed E-state index contributed by atoms with van der Waals surface area (Å²) < 4.78 is 17.2. The van der Waals surface area contributed by atoms with E-state index in [0.717, 1.165) is 35.4 Å². The third-order valence-corrected chi connectivity index (χ3v) is 10.8. The van der Waals surface area contributed by atoms with Crippen LogP contribution in [0.1, 0.15) is 33.6 Å². The smallest absolute Gasteiger partial charge is 0.410 e. The molecule has 45 heavy (non-hydrogen) atoms. The molecule has 1 amide bonds. The maximum absolute atomic E-state index is 14.3. The van der Waals surface area contributed by atoms with Gasteiger partial charge in [0.1, 0.15) is 12.3 Å². The average molecular weight is 654 g/mol. The number of piperazine rings is 1. The van der Waals surface area contributed by atoms with Crippen molar-refractivity contribution in [1.29, 1.82) is 0 Å². The fourth-order valence-corrected chi connectivity index (χ4v) is 7.56. The highest BCUT2D eigenvalue weighted by Gasteiger charge is 2.45. The van der Waals surface area contributed by atoms with Crippen LogP contribution in [0.5, 0.6) is 0 Å². The third kappa shape index (κ3) is 6.11. The number of benzene rings is 1. The van der Waals surface area contributed by atoms with Crippen LogP contribution >= 0.6 is 11.6 Å². The predicted octanol–water partition coefficient (Wildman–Crippen LogP) is 5.84. The van der Waals surface area contributed by atoms with Crippen molar-refractivity contribution in [2.24, 2.45) is 14.1 Å². The van der Waals surface area contributed by atoms with Gasteiger partial charge in [0.25, 0.3) is 5.56 Å². The Morgan fingerprint density at radius 2 is 1.76 bits per heavy atom. The number of nitrogens with zero attached hydrogens (tertiary/aromatic N) is 7. The van der Waals surface area contributed by atoms with Crippen molar-refractivity contribution in [3.8, 4) is 11.1 Å². The molecule has 2 saturated heterocycles. The Labute approximate surface area is 269 Å². The number of amides is 1. The van der Waals surface area contributed by atoms with Crippen LogP contribution in [-0.2, 0) is 30.3 Å². The van der Waals surface area contributed by atoms with Gasteiger partial charge in [0.05, 0.1) is 28.0 Å². The lowest BCUT2D eigenvalue weighted by Crippen LogP contribution is -2.57. The SMILES string of the molecule is Cn1cc2c(Cl)c(-c3cn(COCC[Si](C)(C)C)c4nc(N5CC6CCC(C5)N6C(=O)OC(C)(C)C)n(C)c(=O)c34)ccc2n1. The second kappa shape index (κ2) is 11.5. The van der Waals surface area contributed by atoms with Crippen molar-refractivity contribution in [3.05, 3.63) is 39.9 Å². The number of hydrogen-bond acceptors (Lipinski definition) is 7. The lowest BCUT2D eigenvalue weighted by Gasteiger charge is -2.41. The van der Waals surface area contributed by atoms with E-state index in [1.165, 1.54) is 0 Å². The van der Waals surface area contributed by atoms with Crippen LogP contribution in [0, 0.1) is 0 Å². The van der Waals surface area contributed by atoms with Gasteiger partial charge in [-0.2, -0.15) is 10.1 Å². The Bertz CT molecular complexity index is 1820. The van der Waals surface area contributed by atoms with Gasteiger partial charge in [-0.05, 0) is 45.7 Å². The standard InChI is InChI=1S/C32H44ClN7O4Si/c1-32(2,3)44-31(42)40-20-9-10-21(40)16-38(15-20)30-34-28-26(29(41)37(30)5)23(18-39(28)19-43-13-14-45(6,7)8)22-11-12-25-24(27(22)33)17-36(4)35-25/h11-12,17-18,20-21H,9-10,13-16,19H2,1-8H3. The van der Waals surface area contributed by atoms with Crippen LogP contribution in [-0.4, -0.2) is 80.3 Å². The Morgan fingerprint density at radius 3 is 2.40 bits per heavy atom. The highest BCUT2D eigenvalue weighted by Crippen LogP contribution is 2.38. The number of fused-ring (bicyclic) bond motifs is 4. The highest BCUT2D eigenvalue weighted by atomic mass is 35.5. The molecule has 2 fully saturated rings. The summed E-state index contributed by atoms with van der Waals surface area (Å²) in [6, 6.07) is 4.86. The fraction of sp³-hybridized carbons (Fsp3) is 0.562. The van der Waals surface area contributed by atoms with Gasteiger partial charge >= 0.3 is 6.09 Å². The first-order chi connectivity index (χ1) is 21.1. The number of hydrogen-bond donors (Lipinski definition) is 0.